The van der Waals surface area contributed by atoms with Crippen LogP contribution in [0.2, 0.25) is 0 Å². The summed E-state index contributed by atoms with van der Waals surface area (Å²) in [5.74, 6) is -0.209. The van der Waals surface area contributed by atoms with Gasteiger partial charge in [-0.05, 0) is 24.3 Å². The van der Waals surface area contributed by atoms with E-state index >= 15 is 0 Å². The molecule has 0 aliphatic carbocycles. The number of halogens is 1. The molecule has 2 heterocycles. The summed E-state index contributed by atoms with van der Waals surface area (Å²) in [6.07, 6.45) is 3.54. The number of hydrogen-bond acceptors (Lipinski definition) is 2. The van der Waals surface area contributed by atoms with E-state index in [1.54, 1.807) is 12.4 Å². The second-order valence-electron chi connectivity index (χ2n) is 3.65. The van der Waals surface area contributed by atoms with Gasteiger partial charge in [0.1, 0.15) is 0 Å². The molecule has 0 amide bonds. The summed E-state index contributed by atoms with van der Waals surface area (Å²) in [6, 6.07) is 20.1. The maximum absolute atomic E-state index is 11.9. The average molecular weight is 315 g/mol. The third kappa shape index (κ3) is 5.31. The number of aromatic nitrogens is 2. The van der Waals surface area contributed by atoms with E-state index in [1.807, 2.05) is 36.4 Å². The summed E-state index contributed by atoms with van der Waals surface area (Å²) in [7, 11) is 0. The van der Waals surface area contributed by atoms with E-state index < -0.39 is 0 Å². The van der Waals surface area contributed by atoms with Gasteiger partial charge in [0, 0.05) is 18.2 Å². The molecule has 20 heavy (non-hydrogen) atoms. The van der Waals surface area contributed by atoms with Crippen molar-refractivity contribution < 1.29 is 21.5 Å². The molecule has 2 aromatic heterocycles. The summed E-state index contributed by atoms with van der Waals surface area (Å²) >= 11 is 0. The fraction of sp³-hybridized carbons (Fsp3) is 0. The SMILES string of the molecule is Fc1cc[c-]cc1.[Cu+].c1ccc(-c2ccccn2)nc1. The molecule has 0 N–H and O–H groups in total. The van der Waals surface area contributed by atoms with Crippen LogP contribution in [0.1, 0.15) is 0 Å². The molecule has 0 aliphatic rings. The molecule has 0 fully saturated rings. The fourth-order valence-corrected chi connectivity index (χ4v) is 1.40. The minimum absolute atomic E-state index is 0. The van der Waals surface area contributed by atoms with Crippen LogP contribution in [-0.4, -0.2) is 9.97 Å². The van der Waals surface area contributed by atoms with Gasteiger partial charge >= 0.3 is 17.1 Å². The second kappa shape index (κ2) is 8.97. The van der Waals surface area contributed by atoms with E-state index in [-0.39, 0.29) is 22.9 Å². The van der Waals surface area contributed by atoms with Gasteiger partial charge in [-0.1, -0.05) is 12.1 Å². The summed E-state index contributed by atoms with van der Waals surface area (Å²) in [4.78, 5) is 8.37. The smallest absolute Gasteiger partial charge is 0.255 e. The summed E-state index contributed by atoms with van der Waals surface area (Å²) in [5, 5.41) is 0. The minimum atomic E-state index is -0.209. The first-order chi connectivity index (χ1) is 9.36. The standard InChI is InChI=1S/C10H8N2.C6H4F.Cu/c1-3-7-11-9(5-1)10-6-2-4-8-12-10;7-6-4-2-1-3-5-6;/h1-8H;2-5H;/q;-1;+1. The van der Waals surface area contributed by atoms with Gasteiger partial charge in [0.25, 0.3) is 0 Å². The molecular weight excluding hydrogens is 303 g/mol. The molecule has 0 saturated carbocycles. The maximum Gasteiger partial charge on any atom is 1.00 e. The molecule has 1 aromatic carbocycles. The third-order valence-corrected chi connectivity index (χ3v) is 2.27. The molecule has 0 unspecified atom stereocenters. The predicted molar refractivity (Wildman–Crippen MR) is 72.7 cm³/mol. The van der Waals surface area contributed by atoms with Crippen LogP contribution in [0.4, 0.5) is 4.39 Å². The van der Waals surface area contributed by atoms with Crippen molar-refractivity contribution in [2.24, 2.45) is 0 Å². The number of nitrogens with zero attached hydrogens (tertiary/aromatic N) is 2. The summed E-state index contributed by atoms with van der Waals surface area (Å²) in [6.45, 7) is 0. The zero-order valence-electron chi connectivity index (χ0n) is 10.5. The van der Waals surface area contributed by atoms with E-state index in [4.69, 9.17) is 0 Å². The Morgan fingerprint density at radius 2 is 1.25 bits per heavy atom. The van der Waals surface area contributed by atoms with E-state index in [9.17, 15) is 4.39 Å². The van der Waals surface area contributed by atoms with Crippen LogP contribution in [0.25, 0.3) is 11.4 Å². The summed E-state index contributed by atoms with van der Waals surface area (Å²) in [5.41, 5.74) is 1.83. The first kappa shape index (κ1) is 16.0. The van der Waals surface area contributed by atoms with Crippen LogP contribution in [0.15, 0.2) is 73.1 Å². The number of hydrogen-bond donors (Lipinski definition) is 0. The van der Waals surface area contributed by atoms with Gasteiger partial charge in [0.05, 0.1) is 11.4 Å². The zero-order chi connectivity index (χ0) is 13.3. The second-order valence-corrected chi connectivity index (χ2v) is 3.65. The molecule has 3 rings (SSSR count). The van der Waals surface area contributed by atoms with Crippen molar-refractivity contribution in [3.8, 4) is 11.4 Å². The number of pyridine rings is 2. The Balaban J connectivity index is 0.000000216. The zero-order valence-corrected chi connectivity index (χ0v) is 11.4. The van der Waals surface area contributed by atoms with E-state index in [2.05, 4.69) is 16.0 Å². The predicted octanol–water partition coefficient (Wildman–Crippen LogP) is 3.77. The van der Waals surface area contributed by atoms with Gasteiger partial charge < -0.3 is 0 Å². The van der Waals surface area contributed by atoms with Crippen LogP contribution >= 0.6 is 0 Å². The Hall–Kier alpha value is -2.03. The Labute approximate surface area is 128 Å². The average Bonchev–Trinajstić information content (AvgIpc) is 2.51. The normalized spacial score (nSPS) is 8.85. The van der Waals surface area contributed by atoms with Crippen molar-refractivity contribution in [3.05, 3.63) is 84.9 Å². The van der Waals surface area contributed by atoms with Crippen LogP contribution in [0.3, 0.4) is 0 Å². The van der Waals surface area contributed by atoms with Crippen LogP contribution in [-0.2, 0) is 17.1 Å². The number of benzene rings is 1. The van der Waals surface area contributed by atoms with Crippen molar-refractivity contribution in [1.29, 1.82) is 0 Å². The number of rotatable bonds is 1. The maximum atomic E-state index is 11.9. The molecule has 2 nitrogen and oxygen atoms in total. The molecule has 4 heteroatoms. The molecule has 3 aromatic rings. The van der Waals surface area contributed by atoms with Gasteiger partial charge in [-0.2, -0.15) is 18.2 Å². The van der Waals surface area contributed by atoms with E-state index in [1.165, 1.54) is 24.3 Å². The van der Waals surface area contributed by atoms with Crippen LogP contribution < -0.4 is 0 Å². The Morgan fingerprint density at radius 1 is 0.750 bits per heavy atom. The van der Waals surface area contributed by atoms with Gasteiger partial charge in [0.2, 0.25) is 0 Å². The minimum Gasteiger partial charge on any atom is -0.255 e. The van der Waals surface area contributed by atoms with Crippen molar-refractivity contribution in [3.63, 3.8) is 0 Å². The molecule has 0 aliphatic heterocycles. The molecular formula is C16H12CuFN2. The first-order valence-corrected chi connectivity index (χ1v) is 5.80. The van der Waals surface area contributed by atoms with Crippen molar-refractivity contribution in [2.45, 2.75) is 0 Å². The van der Waals surface area contributed by atoms with E-state index in [0.29, 0.717) is 0 Å². The third-order valence-electron chi connectivity index (χ3n) is 2.27. The molecule has 0 bridgehead atoms. The van der Waals surface area contributed by atoms with Gasteiger partial charge in [0.15, 0.2) is 0 Å². The van der Waals surface area contributed by atoms with Crippen molar-refractivity contribution in [2.75, 3.05) is 0 Å². The molecule has 104 valence electrons. The van der Waals surface area contributed by atoms with Crippen molar-refractivity contribution >= 4 is 0 Å². The van der Waals surface area contributed by atoms with Crippen LogP contribution in [0, 0.1) is 11.9 Å². The van der Waals surface area contributed by atoms with Gasteiger partial charge in [-0.3, -0.25) is 9.97 Å². The molecule has 0 radical (unpaired) electrons. The molecule has 0 spiro atoms. The van der Waals surface area contributed by atoms with Gasteiger partial charge in [-0.15, -0.1) is 12.1 Å². The van der Waals surface area contributed by atoms with Gasteiger partial charge in [-0.25, -0.2) is 4.39 Å². The van der Waals surface area contributed by atoms with Crippen LogP contribution in [0.5, 0.6) is 0 Å². The van der Waals surface area contributed by atoms with E-state index in [0.717, 1.165) is 11.4 Å². The largest absolute Gasteiger partial charge is 1.00 e. The topological polar surface area (TPSA) is 25.8 Å². The Bertz CT molecular complexity index is 551. The first-order valence-electron chi connectivity index (χ1n) is 5.80. The monoisotopic (exact) mass is 314 g/mol. The Kier molecular flexibility index (Phi) is 7.18. The summed E-state index contributed by atoms with van der Waals surface area (Å²) < 4.78 is 11.9. The molecule has 0 saturated heterocycles. The Morgan fingerprint density at radius 3 is 1.55 bits per heavy atom. The fourth-order valence-electron chi connectivity index (χ4n) is 1.40. The quantitative estimate of drug-likeness (QED) is 0.505. The molecule has 0 atom stereocenters. The van der Waals surface area contributed by atoms with Crippen molar-refractivity contribution in [1.82, 2.24) is 9.97 Å².